The van der Waals surface area contributed by atoms with Gasteiger partial charge in [-0.15, -0.1) is 11.3 Å². The molecule has 0 aliphatic rings. The van der Waals surface area contributed by atoms with Crippen LogP contribution in [0.15, 0.2) is 23.6 Å². The van der Waals surface area contributed by atoms with Crippen LogP contribution in [-0.4, -0.2) is 36.9 Å². The Morgan fingerprint density at radius 1 is 1.12 bits per heavy atom. The van der Waals surface area contributed by atoms with E-state index in [9.17, 15) is 22.8 Å². The number of halogens is 3. The van der Waals surface area contributed by atoms with Crippen molar-refractivity contribution in [2.45, 2.75) is 0 Å². The normalized spacial score (nSPS) is 10.5. The van der Waals surface area contributed by atoms with Crippen molar-refractivity contribution in [1.82, 2.24) is 4.90 Å². The molecule has 1 aromatic carbocycles. The molecule has 1 heterocycles. The Labute approximate surface area is 150 Å². The van der Waals surface area contributed by atoms with Gasteiger partial charge in [-0.3, -0.25) is 14.5 Å². The van der Waals surface area contributed by atoms with E-state index in [0.29, 0.717) is 16.6 Å². The molecule has 0 bridgehead atoms. The minimum absolute atomic E-state index is 0.170. The van der Waals surface area contributed by atoms with E-state index in [-0.39, 0.29) is 13.1 Å². The average Bonchev–Trinajstić information content (AvgIpc) is 3.02. The maximum Gasteiger partial charge on any atom is 0.239 e. The Hall–Kier alpha value is -2.90. The van der Waals surface area contributed by atoms with Gasteiger partial charge in [0.05, 0.1) is 24.3 Å². The number of carbonyl (C=O) groups is 2. The number of hydrogen-bond donors (Lipinski definition) is 2. The van der Waals surface area contributed by atoms with Gasteiger partial charge in [-0.2, -0.15) is 5.26 Å². The summed E-state index contributed by atoms with van der Waals surface area (Å²) < 4.78 is 39.5. The summed E-state index contributed by atoms with van der Waals surface area (Å²) in [6.45, 7) is -0.460. The molecule has 0 spiro atoms. The number of nitrogens with one attached hydrogen (secondary N) is 2. The second-order valence-electron chi connectivity index (χ2n) is 5.27. The Kier molecular flexibility index (Phi) is 6.32. The first kappa shape index (κ1) is 19.4. The predicted octanol–water partition coefficient (Wildman–Crippen LogP) is 2.55. The van der Waals surface area contributed by atoms with E-state index >= 15 is 0 Å². The number of hydrogen-bond acceptors (Lipinski definition) is 5. The molecule has 10 heteroatoms. The summed E-state index contributed by atoms with van der Waals surface area (Å²) in [7, 11) is 1.47. The van der Waals surface area contributed by atoms with E-state index in [1.165, 1.54) is 23.3 Å². The second kappa shape index (κ2) is 8.46. The first-order chi connectivity index (χ1) is 12.3. The molecule has 0 saturated heterocycles. The Morgan fingerprint density at radius 2 is 1.77 bits per heavy atom. The molecule has 1 aromatic heterocycles. The molecule has 0 aliphatic carbocycles. The van der Waals surface area contributed by atoms with Crippen LogP contribution in [0.4, 0.5) is 23.9 Å². The van der Waals surface area contributed by atoms with E-state index < -0.39 is 35.0 Å². The van der Waals surface area contributed by atoms with Gasteiger partial charge < -0.3 is 10.6 Å². The maximum absolute atomic E-state index is 13.5. The molecule has 0 saturated carbocycles. The number of nitrogens with zero attached hydrogens (tertiary/aromatic N) is 2. The van der Waals surface area contributed by atoms with Crippen LogP contribution in [0.25, 0.3) is 0 Å². The highest BCUT2D eigenvalue weighted by molar-refractivity contribution is 7.14. The van der Waals surface area contributed by atoms with Gasteiger partial charge in [-0.25, -0.2) is 13.2 Å². The van der Waals surface area contributed by atoms with Gasteiger partial charge in [0.15, 0.2) is 17.5 Å². The number of rotatable bonds is 6. The molecule has 26 heavy (non-hydrogen) atoms. The van der Waals surface area contributed by atoms with Crippen molar-refractivity contribution in [3.05, 3.63) is 46.6 Å². The summed E-state index contributed by atoms with van der Waals surface area (Å²) in [4.78, 5) is 25.1. The fourth-order valence-electron chi connectivity index (χ4n) is 2.02. The molecule has 0 radical (unpaired) electrons. The summed E-state index contributed by atoms with van der Waals surface area (Å²) in [5, 5.41) is 15.6. The van der Waals surface area contributed by atoms with Crippen molar-refractivity contribution in [3.8, 4) is 6.07 Å². The Bertz CT molecular complexity index is 879. The SMILES string of the molecule is CN(CC(=O)Nc1ccc(F)c(F)c1F)CC(=O)Nc1sccc1C#N. The lowest BCUT2D eigenvalue weighted by atomic mass is 10.2. The van der Waals surface area contributed by atoms with Gasteiger partial charge in [-0.05, 0) is 30.6 Å². The molecule has 2 rings (SSSR count). The molecule has 0 fully saturated rings. The van der Waals surface area contributed by atoms with Crippen molar-refractivity contribution in [2.75, 3.05) is 30.8 Å². The van der Waals surface area contributed by atoms with Gasteiger partial charge in [-0.1, -0.05) is 0 Å². The van der Waals surface area contributed by atoms with Gasteiger partial charge in [0, 0.05) is 0 Å². The van der Waals surface area contributed by atoms with Crippen LogP contribution in [0, 0.1) is 28.8 Å². The van der Waals surface area contributed by atoms with Gasteiger partial charge in [0.2, 0.25) is 11.8 Å². The number of nitriles is 1. The van der Waals surface area contributed by atoms with Crippen molar-refractivity contribution in [1.29, 1.82) is 5.26 Å². The highest BCUT2D eigenvalue weighted by atomic mass is 32.1. The molecule has 2 amide bonds. The maximum atomic E-state index is 13.5. The largest absolute Gasteiger partial charge is 0.322 e. The standard InChI is InChI=1S/C16H13F3N4O2S/c1-23(8-13(25)22-16-9(6-20)4-5-26-16)7-12(24)21-11-3-2-10(17)14(18)15(11)19/h2-5H,7-8H2,1H3,(H,21,24)(H,22,25). The van der Waals surface area contributed by atoms with Crippen LogP contribution >= 0.6 is 11.3 Å². The molecular formula is C16H13F3N4O2S. The lowest BCUT2D eigenvalue weighted by Crippen LogP contribution is -2.36. The van der Waals surface area contributed by atoms with E-state index in [4.69, 9.17) is 5.26 Å². The highest BCUT2D eigenvalue weighted by Gasteiger charge is 2.17. The highest BCUT2D eigenvalue weighted by Crippen LogP contribution is 2.22. The first-order valence-electron chi connectivity index (χ1n) is 7.21. The fraction of sp³-hybridized carbons (Fsp3) is 0.188. The van der Waals surface area contributed by atoms with Crippen molar-refractivity contribution >= 4 is 33.8 Å². The minimum atomic E-state index is -1.68. The third kappa shape index (κ3) is 4.81. The molecule has 6 nitrogen and oxygen atoms in total. The topological polar surface area (TPSA) is 85.2 Å². The molecule has 2 N–H and O–H groups in total. The fourth-order valence-corrected chi connectivity index (χ4v) is 2.77. The number of anilines is 2. The molecular weight excluding hydrogens is 369 g/mol. The molecule has 0 atom stereocenters. The van der Waals surface area contributed by atoms with Crippen LogP contribution in [0.5, 0.6) is 0 Å². The molecule has 0 unspecified atom stereocenters. The first-order valence-corrected chi connectivity index (χ1v) is 8.09. The lowest BCUT2D eigenvalue weighted by molar-refractivity contribution is -0.119. The quantitative estimate of drug-likeness (QED) is 0.752. The summed E-state index contributed by atoms with van der Waals surface area (Å²) in [5.74, 6) is -5.70. The number of amides is 2. The third-order valence-corrected chi connectivity index (χ3v) is 4.00. The molecule has 2 aromatic rings. The average molecular weight is 382 g/mol. The Morgan fingerprint density at radius 3 is 2.42 bits per heavy atom. The van der Waals surface area contributed by atoms with Crippen LogP contribution in [0.1, 0.15) is 5.56 Å². The summed E-state index contributed by atoms with van der Waals surface area (Å²) in [5.41, 5.74) is -0.165. The number of likely N-dealkylation sites (N-methyl/N-ethyl adjacent to an activating group) is 1. The van der Waals surface area contributed by atoms with E-state index in [1.54, 1.807) is 11.4 Å². The van der Waals surface area contributed by atoms with Gasteiger partial charge in [0.1, 0.15) is 11.1 Å². The van der Waals surface area contributed by atoms with Crippen molar-refractivity contribution in [2.24, 2.45) is 0 Å². The van der Waals surface area contributed by atoms with Crippen molar-refractivity contribution < 1.29 is 22.8 Å². The van der Waals surface area contributed by atoms with Gasteiger partial charge >= 0.3 is 0 Å². The monoisotopic (exact) mass is 382 g/mol. The smallest absolute Gasteiger partial charge is 0.239 e. The third-order valence-electron chi connectivity index (χ3n) is 3.17. The minimum Gasteiger partial charge on any atom is -0.322 e. The number of benzene rings is 1. The van der Waals surface area contributed by atoms with Crippen LogP contribution in [-0.2, 0) is 9.59 Å². The number of thiophene rings is 1. The number of carbonyl (C=O) groups excluding carboxylic acids is 2. The summed E-state index contributed by atoms with van der Waals surface area (Å²) in [6.07, 6.45) is 0. The van der Waals surface area contributed by atoms with Crippen molar-refractivity contribution in [3.63, 3.8) is 0 Å². The van der Waals surface area contributed by atoms with E-state index in [2.05, 4.69) is 10.6 Å². The summed E-state index contributed by atoms with van der Waals surface area (Å²) >= 11 is 1.19. The van der Waals surface area contributed by atoms with Gasteiger partial charge in [0.25, 0.3) is 0 Å². The summed E-state index contributed by atoms with van der Waals surface area (Å²) in [6, 6.07) is 5.09. The zero-order chi connectivity index (χ0) is 19.3. The Balaban J connectivity index is 1.88. The molecule has 136 valence electrons. The zero-order valence-corrected chi connectivity index (χ0v) is 14.3. The van der Waals surface area contributed by atoms with Crippen LogP contribution < -0.4 is 10.6 Å². The van der Waals surface area contributed by atoms with E-state index in [1.807, 2.05) is 6.07 Å². The zero-order valence-electron chi connectivity index (χ0n) is 13.5. The van der Waals surface area contributed by atoms with Crippen LogP contribution in [0.3, 0.4) is 0 Å². The molecule has 0 aliphatic heterocycles. The predicted molar refractivity (Wildman–Crippen MR) is 90.1 cm³/mol. The van der Waals surface area contributed by atoms with Crippen LogP contribution in [0.2, 0.25) is 0 Å². The second-order valence-corrected chi connectivity index (χ2v) is 6.18. The van der Waals surface area contributed by atoms with E-state index in [0.717, 1.165) is 6.07 Å². The lowest BCUT2D eigenvalue weighted by Gasteiger charge is -2.16.